The highest BCUT2D eigenvalue weighted by molar-refractivity contribution is 7.99. The number of nitrogens with one attached hydrogen (secondary N) is 1. The summed E-state index contributed by atoms with van der Waals surface area (Å²) in [5, 5.41) is 12.4. The SMILES string of the molecule is CCCn1c(SCC(=O)NC(C)CC)nnc1-c1cccc(C)c1. The number of hydrogen-bond donors (Lipinski definition) is 1. The molecule has 1 atom stereocenters. The summed E-state index contributed by atoms with van der Waals surface area (Å²) in [6, 6.07) is 8.46. The van der Waals surface area contributed by atoms with Gasteiger partial charge in [-0.2, -0.15) is 0 Å². The van der Waals surface area contributed by atoms with Crippen molar-refractivity contribution in [2.45, 2.75) is 58.3 Å². The molecule has 1 amide bonds. The molecule has 0 aliphatic heterocycles. The zero-order chi connectivity index (χ0) is 17.5. The lowest BCUT2D eigenvalue weighted by atomic mass is 10.1. The van der Waals surface area contributed by atoms with Gasteiger partial charge >= 0.3 is 0 Å². The van der Waals surface area contributed by atoms with E-state index in [1.807, 2.05) is 19.1 Å². The van der Waals surface area contributed by atoms with Gasteiger partial charge in [0.1, 0.15) is 0 Å². The quantitative estimate of drug-likeness (QED) is 0.741. The number of rotatable bonds is 8. The Hall–Kier alpha value is -1.82. The lowest BCUT2D eigenvalue weighted by Crippen LogP contribution is -2.33. The van der Waals surface area contributed by atoms with Crippen molar-refractivity contribution in [1.82, 2.24) is 20.1 Å². The summed E-state index contributed by atoms with van der Waals surface area (Å²) < 4.78 is 2.11. The van der Waals surface area contributed by atoms with E-state index in [4.69, 9.17) is 0 Å². The van der Waals surface area contributed by atoms with Gasteiger partial charge < -0.3 is 9.88 Å². The minimum Gasteiger partial charge on any atom is -0.353 e. The Kier molecular flexibility index (Phi) is 6.85. The number of carbonyl (C=O) groups is 1. The van der Waals surface area contributed by atoms with Gasteiger partial charge in [0.15, 0.2) is 11.0 Å². The van der Waals surface area contributed by atoms with Crippen LogP contribution in [-0.2, 0) is 11.3 Å². The highest BCUT2D eigenvalue weighted by Crippen LogP contribution is 2.25. The third-order valence-electron chi connectivity index (χ3n) is 3.79. The van der Waals surface area contributed by atoms with E-state index >= 15 is 0 Å². The Morgan fingerprint density at radius 2 is 2.12 bits per heavy atom. The average molecular weight is 347 g/mol. The second kappa shape index (κ2) is 8.87. The first-order valence-corrected chi connectivity index (χ1v) is 9.46. The molecule has 0 aliphatic carbocycles. The molecule has 130 valence electrons. The lowest BCUT2D eigenvalue weighted by molar-refractivity contribution is -0.119. The van der Waals surface area contributed by atoms with Crippen molar-refractivity contribution in [3.05, 3.63) is 29.8 Å². The van der Waals surface area contributed by atoms with E-state index in [0.29, 0.717) is 5.75 Å². The van der Waals surface area contributed by atoms with Crippen LogP contribution in [0.2, 0.25) is 0 Å². The maximum Gasteiger partial charge on any atom is 0.230 e. The molecule has 2 rings (SSSR count). The summed E-state index contributed by atoms with van der Waals surface area (Å²) in [5.41, 5.74) is 2.26. The molecule has 1 aromatic carbocycles. The molecule has 0 radical (unpaired) electrons. The van der Waals surface area contributed by atoms with Gasteiger partial charge in [0.2, 0.25) is 5.91 Å². The first kappa shape index (κ1) is 18.5. The van der Waals surface area contributed by atoms with E-state index in [2.05, 4.69) is 53.0 Å². The number of hydrogen-bond acceptors (Lipinski definition) is 4. The number of nitrogens with zero attached hydrogens (tertiary/aromatic N) is 3. The number of thioether (sulfide) groups is 1. The second-order valence-corrected chi connectivity index (χ2v) is 6.94. The Bertz CT molecular complexity index is 683. The predicted molar refractivity (Wildman–Crippen MR) is 99.1 cm³/mol. The van der Waals surface area contributed by atoms with Crippen molar-refractivity contribution in [2.24, 2.45) is 0 Å². The highest BCUT2D eigenvalue weighted by atomic mass is 32.2. The average Bonchev–Trinajstić information content (AvgIpc) is 2.96. The normalized spacial score (nSPS) is 12.2. The third-order valence-corrected chi connectivity index (χ3v) is 4.76. The molecular weight excluding hydrogens is 320 g/mol. The van der Waals surface area contributed by atoms with E-state index in [1.54, 1.807) is 0 Å². The molecule has 2 aromatic rings. The lowest BCUT2D eigenvalue weighted by Gasteiger charge is -2.12. The minimum atomic E-state index is 0.0394. The molecule has 6 heteroatoms. The Morgan fingerprint density at radius 3 is 2.79 bits per heavy atom. The molecule has 0 saturated carbocycles. The van der Waals surface area contributed by atoms with Gasteiger partial charge in [-0.25, -0.2) is 0 Å². The maximum absolute atomic E-state index is 12.0. The molecule has 24 heavy (non-hydrogen) atoms. The highest BCUT2D eigenvalue weighted by Gasteiger charge is 2.15. The number of aryl methyl sites for hydroxylation is 1. The van der Waals surface area contributed by atoms with Crippen LogP contribution in [0.4, 0.5) is 0 Å². The van der Waals surface area contributed by atoms with Crippen molar-refractivity contribution < 1.29 is 4.79 Å². The summed E-state index contributed by atoms with van der Waals surface area (Å²) in [5.74, 6) is 1.27. The van der Waals surface area contributed by atoms with Gasteiger partial charge in [0.05, 0.1) is 5.75 Å². The summed E-state index contributed by atoms with van der Waals surface area (Å²) >= 11 is 1.44. The van der Waals surface area contributed by atoms with E-state index in [0.717, 1.165) is 35.9 Å². The van der Waals surface area contributed by atoms with Crippen LogP contribution in [0.3, 0.4) is 0 Å². The molecule has 1 aromatic heterocycles. The van der Waals surface area contributed by atoms with Crippen molar-refractivity contribution >= 4 is 17.7 Å². The van der Waals surface area contributed by atoms with E-state index in [9.17, 15) is 4.79 Å². The van der Waals surface area contributed by atoms with Gasteiger partial charge in [0, 0.05) is 18.2 Å². The van der Waals surface area contributed by atoms with Crippen molar-refractivity contribution in [2.75, 3.05) is 5.75 Å². The van der Waals surface area contributed by atoms with Crippen LogP contribution in [0.15, 0.2) is 29.4 Å². The van der Waals surface area contributed by atoms with Gasteiger partial charge in [-0.3, -0.25) is 4.79 Å². The van der Waals surface area contributed by atoms with Gasteiger partial charge in [-0.1, -0.05) is 49.4 Å². The van der Waals surface area contributed by atoms with Crippen LogP contribution in [0, 0.1) is 6.92 Å². The molecule has 0 bridgehead atoms. The maximum atomic E-state index is 12.0. The number of aromatic nitrogens is 3. The molecule has 5 nitrogen and oxygen atoms in total. The first-order valence-electron chi connectivity index (χ1n) is 8.47. The molecule has 0 fully saturated rings. The van der Waals surface area contributed by atoms with Gasteiger partial charge in [-0.05, 0) is 32.8 Å². The fraction of sp³-hybridized carbons (Fsp3) is 0.500. The predicted octanol–water partition coefficient (Wildman–Crippen LogP) is 3.67. The largest absolute Gasteiger partial charge is 0.353 e. The molecule has 0 saturated heterocycles. The van der Waals surface area contributed by atoms with Crippen molar-refractivity contribution in [3.8, 4) is 11.4 Å². The van der Waals surface area contributed by atoms with Crippen molar-refractivity contribution in [1.29, 1.82) is 0 Å². The van der Waals surface area contributed by atoms with Gasteiger partial charge in [-0.15, -0.1) is 10.2 Å². The number of amides is 1. The van der Waals surface area contributed by atoms with E-state index < -0.39 is 0 Å². The topological polar surface area (TPSA) is 59.8 Å². The second-order valence-electron chi connectivity index (χ2n) is 5.99. The molecule has 1 N–H and O–H groups in total. The first-order chi connectivity index (χ1) is 11.5. The molecular formula is C18H26N4OS. The zero-order valence-electron chi connectivity index (χ0n) is 14.9. The Morgan fingerprint density at radius 1 is 1.33 bits per heavy atom. The fourth-order valence-electron chi connectivity index (χ4n) is 2.37. The summed E-state index contributed by atoms with van der Waals surface area (Å²) in [6.07, 6.45) is 1.92. The van der Waals surface area contributed by atoms with Crippen LogP contribution in [0.1, 0.15) is 39.2 Å². The van der Waals surface area contributed by atoms with Gasteiger partial charge in [0.25, 0.3) is 0 Å². The Balaban J connectivity index is 2.15. The van der Waals surface area contributed by atoms with Crippen molar-refractivity contribution in [3.63, 3.8) is 0 Å². The van der Waals surface area contributed by atoms with E-state index in [-0.39, 0.29) is 11.9 Å². The molecule has 0 aliphatic rings. The molecule has 0 spiro atoms. The van der Waals surface area contributed by atoms with Crippen LogP contribution in [0.5, 0.6) is 0 Å². The summed E-state index contributed by atoms with van der Waals surface area (Å²) in [4.78, 5) is 12.0. The summed E-state index contributed by atoms with van der Waals surface area (Å²) in [7, 11) is 0. The third kappa shape index (κ3) is 4.84. The zero-order valence-corrected chi connectivity index (χ0v) is 15.7. The summed E-state index contributed by atoms with van der Waals surface area (Å²) in [6.45, 7) is 9.11. The van der Waals surface area contributed by atoms with Crippen LogP contribution in [-0.4, -0.2) is 32.5 Å². The number of carbonyl (C=O) groups excluding carboxylic acids is 1. The molecule has 1 heterocycles. The van der Waals surface area contributed by atoms with Crippen LogP contribution in [0.25, 0.3) is 11.4 Å². The van der Waals surface area contributed by atoms with Crippen LogP contribution < -0.4 is 5.32 Å². The fourth-order valence-corrected chi connectivity index (χ4v) is 3.14. The molecule has 1 unspecified atom stereocenters. The minimum absolute atomic E-state index is 0.0394. The standard InChI is InChI=1S/C18H26N4OS/c1-5-10-22-17(15-9-7-8-13(3)11-15)20-21-18(22)24-12-16(23)19-14(4)6-2/h7-9,11,14H,5-6,10,12H2,1-4H3,(H,19,23). The Labute approximate surface area is 148 Å². The van der Waals surface area contributed by atoms with E-state index in [1.165, 1.54) is 17.3 Å². The number of benzene rings is 1. The van der Waals surface area contributed by atoms with Crippen LogP contribution >= 0.6 is 11.8 Å². The monoisotopic (exact) mass is 346 g/mol. The smallest absolute Gasteiger partial charge is 0.230 e.